The first-order chi connectivity index (χ1) is 13.3. The maximum atomic E-state index is 13.7. The highest BCUT2D eigenvalue weighted by atomic mass is 19.1. The van der Waals surface area contributed by atoms with Gasteiger partial charge < -0.3 is 9.88 Å². The number of nitrogens with zero attached hydrogens (tertiary/aromatic N) is 1. The molecule has 1 aliphatic heterocycles. The van der Waals surface area contributed by atoms with E-state index in [0.717, 1.165) is 29.9 Å². The van der Waals surface area contributed by atoms with Gasteiger partial charge in [-0.05, 0) is 98.5 Å². The van der Waals surface area contributed by atoms with E-state index in [1.807, 2.05) is 6.07 Å². The Morgan fingerprint density at radius 3 is 2.74 bits per heavy atom. The first-order valence-electron chi connectivity index (χ1n) is 10.3. The van der Waals surface area contributed by atoms with Crippen LogP contribution in [-0.2, 0) is 6.42 Å². The van der Waals surface area contributed by atoms with Crippen molar-refractivity contribution in [1.82, 2.24) is 9.88 Å². The summed E-state index contributed by atoms with van der Waals surface area (Å²) in [7, 11) is 0. The molecule has 2 aliphatic rings. The standard InChI is InChI=1S/C24H27FN2/c25-20-7-8-24-22(15-20)23(16-26-24)19-10-13-27(14-11-19)12-9-18-6-5-17-3-1-2-4-21(17)18/h1-4,7-8,15-16,18-19,26H,5-6,9-14H2. The molecule has 0 bridgehead atoms. The summed E-state index contributed by atoms with van der Waals surface area (Å²) in [5.41, 5.74) is 5.50. The van der Waals surface area contributed by atoms with E-state index in [1.165, 1.54) is 50.3 Å². The molecule has 2 heterocycles. The first-order valence-corrected chi connectivity index (χ1v) is 10.3. The molecule has 0 radical (unpaired) electrons. The summed E-state index contributed by atoms with van der Waals surface area (Å²) in [6, 6.07) is 14.1. The van der Waals surface area contributed by atoms with Crippen molar-refractivity contribution in [3.63, 3.8) is 0 Å². The second-order valence-electron chi connectivity index (χ2n) is 8.27. The van der Waals surface area contributed by atoms with Crippen LogP contribution in [-0.4, -0.2) is 29.5 Å². The minimum absolute atomic E-state index is 0.141. The van der Waals surface area contributed by atoms with Crippen molar-refractivity contribution in [3.05, 3.63) is 71.2 Å². The molecule has 2 nitrogen and oxygen atoms in total. The molecule has 5 rings (SSSR count). The quantitative estimate of drug-likeness (QED) is 0.639. The second kappa shape index (κ2) is 7.12. The minimum Gasteiger partial charge on any atom is -0.361 e. The summed E-state index contributed by atoms with van der Waals surface area (Å²) in [4.78, 5) is 5.95. The van der Waals surface area contributed by atoms with Crippen LogP contribution in [0.3, 0.4) is 0 Å². The van der Waals surface area contributed by atoms with Gasteiger partial charge in [0.1, 0.15) is 5.82 Å². The molecule has 140 valence electrons. The van der Waals surface area contributed by atoms with Gasteiger partial charge in [0.15, 0.2) is 0 Å². The summed E-state index contributed by atoms with van der Waals surface area (Å²) >= 11 is 0. The highest BCUT2D eigenvalue weighted by Gasteiger charge is 2.25. The van der Waals surface area contributed by atoms with Crippen LogP contribution < -0.4 is 0 Å². The fourth-order valence-corrected chi connectivity index (χ4v) is 5.20. The third-order valence-corrected chi connectivity index (χ3v) is 6.75. The molecule has 1 saturated heterocycles. The first kappa shape index (κ1) is 17.0. The number of hydrogen-bond donors (Lipinski definition) is 1. The Morgan fingerprint density at radius 2 is 1.85 bits per heavy atom. The number of aryl methyl sites for hydroxylation is 1. The van der Waals surface area contributed by atoms with E-state index in [0.29, 0.717) is 5.92 Å². The Bertz CT molecular complexity index is 936. The maximum absolute atomic E-state index is 13.7. The van der Waals surface area contributed by atoms with Gasteiger partial charge in [-0.1, -0.05) is 24.3 Å². The fraction of sp³-hybridized carbons (Fsp3) is 0.417. The number of H-pyrrole nitrogens is 1. The molecule has 1 atom stereocenters. The van der Waals surface area contributed by atoms with Gasteiger partial charge in [-0.2, -0.15) is 0 Å². The Morgan fingerprint density at radius 1 is 1.00 bits per heavy atom. The largest absolute Gasteiger partial charge is 0.361 e. The molecular weight excluding hydrogens is 335 g/mol. The van der Waals surface area contributed by atoms with Gasteiger partial charge in [0.05, 0.1) is 0 Å². The van der Waals surface area contributed by atoms with Crippen molar-refractivity contribution >= 4 is 10.9 Å². The number of likely N-dealkylation sites (tertiary alicyclic amines) is 1. The lowest BCUT2D eigenvalue weighted by Gasteiger charge is -2.32. The summed E-state index contributed by atoms with van der Waals surface area (Å²) in [5.74, 6) is 1.15. The van der Waals surface area contributed by atoms with Crippen LogP contribution in [0.1, 0.15) is 54.2 Å². The topological polar surface area (TPSA) is 19.0 Å². The molecule has 0 saturated carbocycles. The number of benzene rings is 2. The minimum atomic E-state index is -0.141. The van der Waals surface area contributed by atoms with Crippen molar-refractivity contribution in [2.24, 2.45) is 0 Å². The lowest BCUT2D eigenvalue weighted by atomic mass is 9.88. The summed E-state index contributed by atoms with van der Waals surface area (Å²) in [6.07, 6.45) is 8.28. The zero-order valence-electron chi connectivity index (χ0n) is 15.8. The van der Waals surface area contributed by atoms with E-state index in [2.05, 4.69) is 40.3 Å². The highest BCUT2D eigenvalue weighted by Crippen LogP contribution is 2.37. The van der Waals surface area contributed by atoms with Gasteiger partial charge in [0.25, 0.3) is 0 Å². The Labute approximate surface area is 160 Å². The number of aromatic amines is 1. The molecule has 2 aromatic carbocycles. The Hall–Kier alpha value is -2.13. The van der Waals surface area contributed by atoms with Crippen LogP contribution in [0.2, 0.25) is 0 Å². The number of rotatable bonds is 4. The van der Waals surface area contributed by atoms with Crippen molar-refractivity contribution in [3.8, 4) is 0 Å². The van der Waals surface area contributed by atoms with Gasteiger partial charge in [0, 0.05) is 17.1 Å². The molecule has 3 aromatic rings. The van der Waals surface area contributed by atoms with E-state index < -0.39 is 0 Å². The molecule has 3 heteroatoms. The van der Waals surface area contributed by atoms with Crippen molar-refractivity contribution in [1.29, 1.82) is 0 Å². The third-order valence-electron chi connectivity index (χ3n) is 6.75. The Kier molecular flexibility index (Phi) is 4.48. The summed E-state index contributed by atoms with van der Waals surface area (Å²) in [6.45, 7) is 3.51. The number of hydrogen-bond acceptors (Lipinski definition) is 1. The second-order valence-corrected chi connectivity index (χ2v) is 8.27. The normalized spacial score (nSPS) is 21.0. The predicted octanol–water partition coefficient (Wildman–Crippen LogP) is 5.61. The van der Waals surface area contributed by atoms with Crippen molar-refractivity contribution < 1.29 is 4.39 Å². The van der Waals surface area contributed by atoms with E-state index >= 15 is 0 Å². The lowest BCUT2D eigenvalue weighted by Crippen LogP contribution is -2.34. The van der Waals surface area contributed by atoms with Crippen LogP contribution in [0, 0.1) is 5.82 Å². The van der Waals surface area contributed by atoms with E-state index in [-0.39, 0.29) is 5.82 Å². The number of nitrogens with one attached hydrogen (secondary N) is 1. The highest BCUT2D eigenvalue weighted by molar-refractivity contribution is 5.83. The maximum Gasteiger partial charge on any atom is 0.123 e. The molecule has 1 aromatic heterocycles. The summed E-state index contributed by atoms with van der Waals surface area (Å²) < 4.78 is 13.7. The third kappa shape index (κ3) is 3.29. The van der Waals surface area contributed by atoms with E-state index in [4.69, 9.17) is 0 Å². The van der Waals surface area contributed by atoms with Gasteiger partial charge in [0.2, 0.25) is 0 Å². The van der Waals surface area contributed by atoms with E-state index in [1.54, 1.807) is 17.2 Å². The molecule has 1 N–H and O–H groups in total. The zero-order valence-corrected chi connectivity index (χ0v) is 15.8. The summed E-state index contributed by atoms with van der Waals surface area (Å²) in [5, 5.41) is 1.07. The van der Waals surface area contributed by atoms with Gasteiger partial charge in [-0.25, -0.2) is 4.39 Å². The van der Waals surface area contributed by atoms with Crippen LogP contribution >= 0.6 is 0 Å². The van der Waals surface area contributed by atoms with E-state index in [9.17, 15) is 4.39 Å². The number of halogens is 1. The fourth-order valence-electron chi connectivity index (χ4n) is 5.20. The molecule has 27 heavy (non-hydrogen) atoms. The smallest absolute Gasteiger partial charge is 0.123 e. The number of aromatic nitrogens is 1. The Balaban J connectivity index is 1.19. The number of fused-ring (bicyclic) bond motifs is 2. The lowest BCUT2D eigenvalue weighted by molar-refractivity contribution is 0.206. The average Bonchev–Trinajstić information content (AvgIpc) is 3.30. The van der Waals surface area contributed by atoms with Crippen LogP contribution in [0.4, 0.5) is 4.39 Å². The van der Waals surface area contributed by atoms with Crippen molar-refractivity contribution in [2.45, 2.75) is 43.9 Å². The molecular formula is C24H27FN2. The molecule has 1 aliphatic carbocycles. The monoisotopic (exact) mass is 362 g/mol. The SMILES string of the molecule is Fc1ccc2[nH]cc(C3CCN(CCC4CCc5ccccc54)CC3)c2c1. The number of piperidine rings is 1. The predicted molar refractivity (Wildman–Crippen MR) is 109 cm³/mol. The van der Waals surface area contributed by atoms with Crippen LogP contribution in [0.25, 0.3) is 10.9 Å². The molecule has 1 unspecified atom stereocenters. The average molecular weight is 362 g/mol. The van der Waals surface area contributed by atoms with Crippen molar-refractivity contribution in [2.75, 3.05) is 19.6 Å². The van der Waals surface area contributed by atoms with Gasteiger partial charge >= 0.3 is 0 Å². The zero-order chi connectivity index (χ0) is 18.2. The van der Waals surface area contributed by atoms with Gasteiger partial charge in [-0.3, -0.25) is 0 Å². The van der Waals surface area contributed by atoms with Crippen LogP contribution in [0.5, 0.6) is 0 Å². The molecule has 0 amide bonds. The molecule has 1 fully saturated rings. The molecule has 0 spiro atoms. The van der Waals surface area contributed by atoms with Gasteiger partial charge in [-0.15, -0.1) is 0 Å². The van der Waals surface area contributed by atoms with Crippen LogP contribution in [0.15, 0.2) is 48.7 Å².